The summed E-state index contributed by atoms with van der Waals surface area (Å²) in [6.07, 6.45) is 3.49. The first-order valence-electron chi connectivity index (χ1n) is 13.2. The number of unbranched alkanes of at least 4 members (excludes halogenated alkanes) is 2. The van der Waals surface area contributed by atoms with Crippen molar-refractivity contribution in [3.8, 4) is 11.5 Å². The number of allylic oxidation sites excluding steroid dienone is 2. The molecule has 1 saturated carbocycles. The van der Waals surface area contributed by atoms with Gasteiger partial charge in [-0.05, 0) is 49.3 Å². The maximum Gasteiger partial charge on any atom is 0.303 e. The SMILES string of the molecule is COc1cc(C2C3=CCC4C(=O)N(CCCCCC(=O)O)C(=O)C4C3CC3(Cl)C(=O)N(C)C(=O)C23Cl)ccc1O. The van der Waals surface area contributed by atoms with Crippen molar-refractivity contribution in [1.29, 1.82) is 0 Å². The Hall–Kier alpha value is -3.11. The second-order valence-corrected chi connectivity index (χ2v) is 12.2. The first-order valence-corrected chi connectivity index (χ1v) is 14.0. The number of methoxy groups -OCH3 is 1. The van der Waals surface area contributed by atoms with E-state index in [1.54, 1.807) is 6.07 Å². The molecule has 2 saturated heterocycles. The number of fused-ring (bicyclic) bond motifs is 4. The molecular formula is C28H30Cl2N2O8. The zero-order chi connectivity index (χ0) is 29.1. The minimum atomic E-state index is -1.91. The number of phenolic OH excluding ortho intramolecular Hbond substituents is 1. The van der Waals surface area contributed by atoms with Crippen LogP contribution in [0.1, 0.15) is 50.0 Å². The Morgan fingerprint density at radius 3 is 2.48 bits per heavy atom. The van der Waals surface area contributed by atoms with Crippen molar-refractivity contribution in [2.45, 2.75) is 54.2 Å². The van der Waals surface area contributed by atoms with Crippen LogP contribution in [0.3, 0.4) is 0 Å². The van der Waals surface area contributed by atoms with E-state index in [1.807, 2.05) is 6.08 Å². The number of benzene rings is 1. The average molecular weight is 593 g/mol. The standard InChI is InChI=1S/C28H30Cl2N2O8/c1-31-25(38)27(29)13-17-15(22(28(27,30)26(31)39)14-7-10-18(33)19(12-14)40-2)8-9-16-21(17)24(37)32(23(16)36)11-5-3-4-6-20(34)35/h7-8,10,12,16-17,21-22,33H,3-6,9,11,13H2,1-2H3,(H,34,35). The summed E-state index contributed by atoms with van der Waals surface area (Å²) in [5.41, 5.74) is 1.13. The number of carbonyl (C=O) groups is 5. The van der Waals surface area contributed by atoms with Gasteiger partial charge in [0.25, 0.3) is 11.8 Å². The number of rotatable bonds is 8. The van der Waals surface area contributed by atoms with Crippen molar-refractivity contribution in [2.24, 2.45) is 17.8 Å². The molecule has 12 heteroatoms. The number of imide groups is 2. The summed E-state index contributed by atoms with van der Waals surface area (Å²) in [5.74, 6) is -5.86. The van der Waals surface area contributed by atoms with Gasteiger partial charge in [-0.25, -0.2) is 0 Å². The molecule has 2 N–H and O–H groups in total. The fourth-order valence-corrected chi connectivity index (χ4v) is 8.02. The Labute approximate surface area is 240 Å². The van der Waals surface area contributed by atoms with E-state index in [4.69, 9.17) is 33.0 Å². The van der Waals surface area contributed by atoms with Gasteiger partial charge in [-0.3, -0.25) is 33.8 Å². The highest BCUT2D eigenvalue weighted by Gasteiger charge is 2.75. The zero-order valence-electron chi connectivity index (χ0n) is 22.1. The largest absolute Gasteiger partial charge is 0.504 e. The molecule has 2 heterocycles. The Balaban J connectivity index is 1.54. The Kier molecular flexibility index (Phi) is 7.15. The molecule has 6 unspecified atom stereocenters. The molecule has 6 atom stereocenters. The number of aliphatic carboxylic acids is 1. The van der Waals surface area contributed by atoms with Crippen LogP contribution in [0, 0.1) is 17.8 Å². The summed E-state index contributed by atoms with van der Waals surface area (Å²) in [4.78, 5) is 63.3. The van der Waals surface area contributed by atoms with Crippen LogP contribution in [0.15, 0.2) is 29.8 Å². The normalized spacial score (nSPS) is 33.0. The fourth-order valence-electron chi connectivity index (χ4n) is 7.00. The molecule has 0 spiro atoms. The van der Waals surface area contributed by atoms with Crippen LogP contribution in [0.2, 0.25) is 0 Å². The Morgan fingerprint density at radius 1 is 1.07 bits per heavy atom. The summed E-state index contributed by atoms with van der Waals surface area (Å²) in [6, 6.07) is 4.53. The molecule has 0 radical (unpaired) electrons. The number of carboxylic acids is 1. The van der Waals surface area contributed by atoms with Crippen molar-refractivity contribution >= 4 is 52.8 Å². The highest BCUT2D eigenvalue weighted by Crippen LogP contribution is 2.65. The molecule has 2 aliphatic heterocycles. The third kappa shape index (κ3) is 3.94. The first kappa shape index (κ1) is 28.4. The molecule has 4 amide bonds. The molecule has 0 aromatic heterocycles. The predicted octanol–water partition coefficient (Wildman–Crippen LogP) is 3.03. The van der Waals surface area contributed by atoms with Gasteiger partial charge < -0.3 is 14.9 Å². The molecule has 1 aromatic rings. The Morgan fingerprint density at radius 2 is 1.80 bits per heavy atom. The van der Waals surface area contributed by atoms with E-state index < -0.39 is 51.2 Å². The van der Waals surface area contributed by atoms with Crippen molar-refractivity contribution in [1.82, 2.24) is 9.80 Å². The lowest BCUT2D eigenvalue weighted by Gasteiger charge is -2.50. The smallest absolute Gasteiger partial charge is 0.303 e. The number of carboxylic acid groups (broad SMARTS) is 1. The second-order valence-electron chi connectivity index (χ2n) is 11.0. The molecule has 214 valence electrons. The molecule has 0 bridgehead atoms. The molecule has 3 fully saturated rings. The van der Waals surface area contributed by atoms with E-state index in [9.17, 15) is 29.1 Å². The number of hydrogen-bond donors (Lipinski definition) is 2. The van der Waals surface area contributed by atoms with Gasteiger partial charge in [0.2, 0.25) is 11.8 Å². The monoisotopic (exact) mass is 592 g/mol. The Bertz CT molecular complexity index is 1350. The number of likely N-dealkylation sites (tertiary alicyclic amines) is 2. The van der Waals surface area contributed by atoms with Crippen LogP contribution in [0.5, 0.6) is 11.5 Å². The van der Waals surface area contributed by atoms with Crippen molar-refractivity contribution in [3.63, 3.8) is 0 Å². The number of carbonyl (C=O) groups excluding carboxylic acids is 4. The topological polar surface area (TPSA) is 142 Å². The second kappa shape index (κ2) is 10.1. The van der Waals surface area contributed by atoms with Crippen LogP contribution in [-0.2, 0) is 24.0 Å². The number of ether oxygens (including phenoxy) is 1. The summed E-state index contributed by atoms with van der Waals surface area (Å²) < 4.78 is 5.29. The fraction of sp³-hybridized carbons (Fsp3) is 0.536. The van der Waals surface area contributed by atoms with Crippen molar-refractivity contribution in [2.75, 3.05) is 20.7 Å². The minimum Gasteiger partial charge on any atom is -0.504 e. The highest BCUT2D eigenvalue weighted by atomic mass is 35.5. The van der Waals surface area contributed by atoms with Crippen molar-refractivity contribution in [3.05, 3.63) is 35.4 Å². The van der Waals surface area contributed by atoms with Gasteiger partial charge in [-0.15, -0.1) is 23.2 Å². The molecule has 1 aromatic carbocycles. The lowest BCUT2D eigenvalue weighted by atomic mass is 9.56. The van der Waals surface area contributed by atoms with Gasteiger partial charge in [0.1, 0.15) is 0 Å². The number of alkyl halides is 2. The highest BCUT2D eigenvalue weighted by molar-refractivity contribution is 6.53. The van der Waals surface area contributed by atoms with E-state index in [1.165, 1.54) is 31.2 Å². The van der Waals surface area contributed by atoms with E-state index >= 15 is 0 Å². The van der Waals surface area contributed by atoms with Gasteiger partial charge in [0.05, 0.1) is 18.9 Å². The maximum absolute atomic E-state index is 13.7. The van der Waals surface area contributed by atoms with Crippen LogP contribution in [0.25, 0.3) is 0 Å². The van der Waals surface area contributed by atoms with E-state index in [0.29, 0.717) is 30.4 Å². The molecule has 10 nitrogen and oxygen atoms in total. The maximum atomic E-state index is 13.7. The molecule has 40 heavy (non-hydrogen) atoms. The number of nitrogens with zero attached hydrogens (tertiary/aromatic N) is 2. The summed E-state index contributed by atoms with van der Waals surface area (Å²) >= 11 is 14.2. The number of hydrogen-bond acceptors (Lipinski definition) is 7. The molecule has 2 aliphatic carbocycles. The molecule has 5 rings (SSSR count). The summed E-state index contributed by atoms with van der Waals surface area (Å²) in [7, 11) is 2.70. The summed E-state index contributed by atoms with van der Waals surface area (Å²) in [6.45, 7) is 0.177. The van der Waals surface area contributed by atoms with E-state index in [2.05, 4.69) is 0 Å². The average Bonchev–Trinajstić information content (AvgIpc) is 3.23. The number of aromatic hydroxyl groups is 1. The minimum absolute atomic E-state index is 0.0190. The molecule has 4 aliphatic rings. The van der Waals surface area contributed by atoms with Crippen LogP contribution < -0.4 is 4.74 Å². The number of phenols is 1. The van der Waals surface area contributed by atoms with E-state index in [0.717, 1.165) is 4.90 Å². The van der Waals surface area contributed by atoms with Crippen LogP contribution >= 0.6 is 23.2 Å². The third-order valence-electron chi connectivity index (χ3n) is 8.92. The quantitative estimate of drug-likeness (QED) is 0.203. The zero-order valence-corrected chi connectivity index (χ0v) is 23.6. The molecular weight excluding hydrogens is 563 g/mol. The lowest BCUT2D eigenvalue weighted by molar-refractivity contribution is -0.141. The predicted molar refractivity (Wildman–Crippen MR) is 143 cm³/mol. The summed E-state index contributed by atoms with van der Waals surface area (Å²) in [5, 5.41) is 19.1. The first-order chi connectivity index (χ1) is 18.9. The van der Waals surface area contributed by atoms with Gasteiger partial charge in [0, 0.05) is 25.9 Å². The van der Waals surface area contributed by atoms with Gasteiger partial charge >= 0.3 is 5.97 Å². The van der Waals surface area contributed by atoms with E-state index in [-0.39, 0.29) is 49.1 Å². The van der Waals surface area contributed by atoms with Gasteiger partial charge in [-0.2, -0.15) is 0 Å². The number of amides is 4. The van der Waals surface area contributed by atoms with Crippen LogP contribution in [0.4, 0.5) is 0 Å². The van der Waals surface area contributed by atoms with Gasteiger partial charge in [0.15, 0.2) is 21.2 Å². The van der Waals surface area contributed by atoms with Crippen molar-refractivity contribution < 1.29 is 38.9 Å². The van der Waals surface area contributed by atoms with Gasteiger partial charge in [-0.1, -0.05) is 24.1 Å². The van der Waals surface area contributed by atoms with Crippen LogP contribution in [-0.4, -0.2) is 80.1 Å². The lowest BCUT2D eigenvalue weighted by Crippen LogP contribution is -2.60. The third-order valence-corrected chi connectivity index (χ3v) is 10.3. The number of halogens is 2.